The van der Waals surface area contributed by atoms with E-state index in [9.17, 15) is 4.79 Å². The van der Waals surface area contributed by atoms with Crippen molar-refractivity contribution < 1.29 is 14.0 Å². The van der Waals surface area contributed by atoms with Crippen molar-refractivity contribution in [3.63, 3.8) is 0 Å². The molecule has 130 valence electrons. The lowest BCUT2D eigenvalue weighted by molar-refractivity contribution is 0.0526. The highest BCUT2D eigenvalue weighted by Gasteiger charge is 2.47. The van der Waals surface area contributed by atoms with E-state index in [0.717, 1.165) is 5.75 Å². The maximum Gasteiger partial charge on any atom is 0.339 e. The van der Waals surface area contributed by atoms with Gasteiger partial charge in [0.05, 0.1) is 17.2 Å². The number of benzene rings is 1. The monoisotopic (exact) mass is 356 g/mol. The Hall–Kier alpha value is -1.00. The Balaban J connectivity index is 3.16. The molecular weight excluding hydrogens is 328 g/mol. The SMILES string of the molecule is CCOC(=O)c1ccc(O[Si](C(C)C)(C(C)C)C(C)C)cc1Cl. The van der Waals surface area contributed by atoms with Crippen LogP contribution in [0, 0.1) is 0 Å². The van der Waals surface area contributed by atoms with E-state index in [2.05, 4.69) is 41.5 Å². The van der Waals surface area contributed by atoms with Gasteiger partial charge in [-0.25, -0.2) is 4.79 Å². The van der Waals surface area contributed by atoms with Crippen molar-refractivity contribution in [1.29, 1.82) is 0 Å². The van der Waals surface area contributed by atoms with Crippen LogP contribution < -0.4 is 4.43 Å². The van der Waals surface area contributed by atoms with Gasteiger partial charge in [0, 0.05) is 0 Å². The van der Waals surface area contributed by atoms with Crippen LogP contribution in [-0.2, 0) is 4.74 Å². The second-order valence-electron chi connectivity index (χ2n) is 6.78. The lowest BCUT2D eigenvalue weighted by atomic mass is 10.2. The second-order valence-corrected chi connectivity index (χ2v) is 12.6. The number of hydrogen-bond donors (Lipinski definition) is 0. The summed E-state index contributed by atoms with van der Waals surface area (Å²) >= 11 is 6.26. The minimum atomic E-state index is -2.03. The molecule has 0 aliphatic rings. The van der Waals surface area contributed by atoms with Gasteiger partial charge < -0.3 is 9.16 Å². The molecule has 0 spiro atoms. The molecule has 1 rings (SSSR count). The number of carbonyl (C=O) groups excluding carboxylic acids is 1. The quantitative estimate of drug-likeness (QED) is 0.439. The molecule has 0 aliphatic heterocycles. The Labute approximate surface area is 146 Å². The zero-order chi connectivity index (χ0) is 17.8. The number of carbonyl (C=O) groups is 1. The van der Waals surface area contributed by atoms with E-state index in [1.165, 1.54) is 0 Å². The van der Waals surface area contributed by atoms with E-state index < -0.39 is 14.3 Å². The summed E-state index contributed by atoms with van der Waals surface area (Å²) in [7, 11) is -2.03. The molecular formula is C18H29ClO3Si. The van der Waals surface area contributed by atoms with E-state index in [0.29, 0.717) is 33.8 Å². The van der Waals surface area contributed by atoms with Crippen molar-refractivity contribution >= 4 is 25.9 Å². The summed E-state index contributed by atoms with van der Waals surface area (Å²) in [5.41, 5.74) is 1.81. The molecule has 1 aromatic carbocycles. The van der Waals surface area contributed by atoms with Gasteiger partial charge in [0.1, 0.15) is 5.75 Å². The van der Waals surface area contributed by atoms with Gasteiger partial charge in [-0.1, -0.05) is 53.1 Å². The van der Waals surface area contributed by atoms with Gasteiger partial charge in [-0.2, -0.15) is 0 Å². The van der Waals surface area contributed by atoms with Crippen LogP contribution >= 0.6 is 11.6 Å². The third-order valence-corrected chi connectivity index (χ3v) is 10.8. The van der Waals surface area contributed by atoms with Gasteiger partial charge in [0.15, 0.2) is 0 Å². The van der Waals surface area contributed by atoms with Crippen LogP contribution in [0.25, 0.3) is 0 Å². The first-order valence-corrected chi connectivity index (χ1v) is 10.8. The van der Waals surface area contributed by atoms with Crippen LogP contribution in [0.3, 0.4) is 0 Å². The smallest absolute Gasteiger partial charge is 0.339 e. The highest BCUT2D eigenvalue weighted by atomic mass is 35.5. The van der Waals surface area contributed by atoms with Crippen LogP contribution in [0.1, 0.15) is 58.8 Å². The topological polar surface area (TPSA) is 35.5 Å². The van der Waals surface area contributed by atoms with Gasteiger partial charge in [0.2, 0.25) is 0 Å². The van der Waals surface area contributed by atoms with Gasteiger partial charge in [0.25, 0.3) is 8.32 Å². The number of ether oxygens (including phenoxy) is 1. The second kappa shape index (κ2) is 8.20. The van der Waals surface area contributed by atoms with Crippen molar-refractivity contribution in [2.75, 3.05) is 6.61 Å². The molecule has 0 bridgehead atoms. The minimum absolute atomic E-state index is 0.331. The first-order valence-electron chi connectivity index (χ1n) is 8.32. The van der Waals surface area contributed by atoms with Gasteiger partial charge in [-0.05, 0) is 41.7 Å². The predicted octanol–water partition coefficient (Wildman–Crippen LogP) is 6.07. The lowest BCUT2D eigenvalue weighted by Gasteiger charge is -2.42. The Kier molecular flexibility index (Phi) is 7.15. The number of esters is 1. The summed E-state index contributed by atoms with van der Waals surface area (Å²) in [5.74, 6) is 0.343. The fourth-order valence-corrected chi connectivity index (χ4v) is 8.98. The molecule has 0 unspecified atom stereocenters. The molecule has 0 saturated carbocycles. The summed E-state index contributed by atoms with van der Waals surface area (Å²) in [6.45, 7) is 15.5. The first-order chi connectivity index (χ1) is 10.7. The molecule has 0 saturated heterocycles. The Morgan fingerprint density at radius 2 is 1.61 bits per heavy atom. The zero-order valence-corrected chi connectivity index (χ0v) is 17.0. The van der Waals surface area contributed by atoms with Gasteiger partial charge in [-0.3, -0.25) is 0 Å². The molecule has 5 heteroatoms. The molecule has 23 heavy (non-hydrogen) atoms. The average Bonchev–Trinajstić information content (AvgIpc) is 2.43. The summed E-state index contributed by atoms with van der Waals surface area (Å²) < 4.78 is 11.6. The first kappa shape index (κ1) is 20.0. The number of rotatable bonds is 7. The van der Waals surface area contributed by atoms with Gasteiger partial charge in [-0.15, -0.1) is 0 Å². The van der Waals surface area contributed by atoms with Crippen molar-refractivity contribution in [2.45, 2.75) is 65.1 Å². The van der Waals surface area contributed by atoms with E-state index >= 15 is 0 Å². The molecule has 0 aliphatic carbocycles. The summed E-state index contributed by atoms with van der Waals surface area (Å²) in [6, 6.07) is 5.26. The van der Waals surface area contributed by atoms with Crippen molar-refractivity contribution in [1.82, 2.24) is 0 Å². The summed E-state index contributed by atoms with van der Waals surface area (Å²) in [6.07, 6.45) is 0. The molecule has 0 N–H and O–H groups in total. The third-order valence-electron chi connectivity index (χ3n) is 4.44. The minimum Gasteiger partial charge on any atom is -0.543 e. The predicted molar refractivity (Wildman–Crippen MR) is 99.1 cm³/mol. The van der Waals surface area contributed by atoms with E-state index in [1.54, 1.807) is 19.1 Å². The van der Waals surface area contributed by atoms with Crippen molar-refractivity contribution in [2.24, 2.45) is 0 Å². The number of halogens is 1. The number of hydrogen-bond acceptors (Lipinski definition) is 3. The molecule has 0 aromatic heterocycles. The molecule has 0 amide bonds. The van der Waals surface area contributed by atoms with Crippen LogP contribution in [-0.4, -0.2) is 20.9 Å². The molecule has 3 nitrogen and oxygen atoms in total. The van der Waals surface area contributed by atoms with Gasteiger partial charge >= 0.3 is 5.97 Å². The fourth-order valence-electron chi connectivity index (χ4n) is 3.49. The van der Waals surface area contributed by atoms with E-state index in [1.807, 2.05) is 6.07 Å². The van der Waals surface area contributed by atoms with E-state index in [-0.39, 0.29) is 0 Å². The highest BCUT2D eigenvalue weighted by molar-refractivity contribution is 6.78. The Morgan fingerprint density at radius 3 is 2.00 bits per heavy atom. The molecule has 0 fully saturated rings. The summed E-state index contributed by atoms with van der Waals surface area (Å²) in [4.78, 5) is 11.8. The average molecular weight is 357 g/mol. The lowest BCUT2D eigenvalue weighted by Crippen LogP contribution is -2.50. The van der Waals surface area contributed by atoms with Crippen LogP contribution in [0.2, 0.25) is 21.6 Å². The standard InChI is InChI=1S/C18H29ClO3Si/c1-8-21-18(20)16-10-9-15(11-17(16)19)22-23(12(2)3,13(4)5)14(6)7/h9-14H,8H2,1-7H3. The van der Waals surface area contributed by atoms with Crippen molar-refractivity contribution in [3.8, 4) is 5.75 Å². The Bertz CT molecular complexity index is 519. The maximum atomic E-state index is 11.8. The van der Waals surface area contributed by atoms with Crippen LogP contribution in [0.5, 0.6) is 5.75 Å². The summed E-state index contributed by atoms with van der Waals surface area (Å²) in [5, 5.41) is 0.375. The molecule has 0 radical (unpaired) electrons. The van der Waals surface area contributed by atoms with Crippen molar-refractivity contribution in [3.05, 3.63) is 28.8 Å². The highest BCUT2D eigenvalue weighted by Crippen LogP contribution is 2.43. The van der Waals surface area contributed by atoms with Crippen LogP contribution in [0.4, 0.5) is 0 Å². The largest absolute Gasteiger partial charge is 0.543 e. The zero-order valence-electron chi connectivity index (χ0n) is 15.3. The molecule has 1 aromatic rings. The maximum absolute atomic E-state index is 11.8. The van der Waals surface area contributed by atoms with E-state index in [4.69, 9.17) is 20.8 Å². The third kappa shape index (κ3) is 4.30. The molecule has 0 atom stereocenters. The van der Waals surface area contributed by atoms with Crippen LogP contribution in [0.15, 0.2) is 18.2 Å². The Morgan fingerprint density at radius 1 is 1.09 bits per heavy atom. The molecule has 0 heterocycles. The normalized spacial score (nSPS) is 12.1. The fraction of sp³-hybridized carbons (Fsp3) is 0.611.